The van der Waals surface area contributed by atoms with Crippen LogP contribution in [0.25, 0.3) is 10.8 Å². The normalized spacial score (nSPS) is 17.8. The van der Waals surface area contributed by atoms with Crippen molar-refractivity contribution in [3.8, 4) is 11.8 Å². The molecule has 0 spiro atoms. The third-order valence-corrected chi connectivity index (χ3v) is 8.02. The monoisotopic (exact) mass is 464 g/mol. The Bertz CT molecular complexity index is 1100. The van der Waals surface area contributed by atoms with Crippen molar-refractivity contribution < 1.29 is 0 Å². The third kappa shape index (κ3) is 7.73. The van der Waals surface area contributed by atoms with Crippen LogP contribution in [-0.2, 0) is 6.42 Å². The fraction of sp³-hybridized carbons (Fsp3) is 0.486. The Kier molecular flexibility index (Phi) is 9.89. The second-order valence-electron chi connectivity index (χ2n) is 10.8. The fourth-order valence-electron chi connectivity index (χ4n) is 5.71. The highest BCUT2D eigenvalue weighted by atomic mass is 14.3. The van der Waals surface area contributed by atoms with Gasteiger partial charge in [-0.25, -0.2) is 0 Å². The summed E-state index contributed by atoms with van der Waals surface area (Å²) in [5.41, 5.74) is 5.16. The molecule has 0 heteroatoms. The van der Waals surface area contributed by atoms with Gasteiger partial charge in [-0.05, 0) is 96.5 Å². The highest BCUT2D eigenvalue weighted by molar-refractivity contribution is 5.84. The molecule has 3 aromatic rings. The number of unbranched alkanes of at least 4 members (excludes halogenated alkanes) is 5. The summed E-state index contributed by atoms with van der Waals surface area (Å²) in [6.07, 6.45) is 17.8. The molecule has 1 aliphatic carbocycles. The third-order valence-electron chi connectivity index (χ3n) is 8.02. The van der Waals surface area contributed by atoms with Crippen LogP contribution in [0.2, 0.25) is 0 Å². The molecule has 0 aromatic heterocycles. The number of benzene rings is 3. The maximum Gasteiger partial charge on any atom is 0.0255 e. The van der Waals surface area contributed by atoms with Crippen molar-refractivity contribution in [2.75, 3.05) is 0 Å². The highest BCUT2D eigenvalue weighted by Crippen LogP contribution is 2.37. The van der Waals surface area contributed by atoms with E-state index in [1.807, 2.05) is 0 Å². The van der Waals surface area contributed by atoms with Crippen molar-refractivity contribution in [2.45, 2.75) is 103 Å². The average Bonchev–Trinajstić information content (AvgIpc) is 2.91. The standard InChI is InChI=1S/C35H44/c1-3-5-7-8-9-11-28-14-20-32(21-15-28)33-22-16-29(17-23-33)12-13-31-19-25-34-26-30(10-6-4-2)18-24-35(34)27-31/h16-19,22-28,32H,3-11,14-15,20-21H2,1-2H3. The molecule has 1 fully saturated rings. The van der Waals surface area contributed by atoms with E-state index in [4.69, 9.17) is 0 Å². The van der Waals surface area contributed by atoms with Crippen LogP contribution in [0.1, 0.15) is 119 Å². The number of hydrogen-bond donors (Lipinski definition) is 0. The van der Waals surface area contributed by atoms with E-state index in [1.54, 1.807) is 0 Å². The van der Waals surface area contributed by atoms with Crippen LogP contribution in [0.4, 0.5) is 0 Å². The quantitative estimate of drug-likeness (QED) is 0.207. The summed E-state index contributed by atoms with van der Waals surface area (Å²) in [5, 5.41) is 2.60. The first-order valence-corrected chi connectivity index (χ1v) is 14.4. The number of hydrogen-bond acceptors (Lipinski definition) is 0. The fourth-order valence-corrected chi connectivity index (χ4v) is 5.71. The van der Waals surface area contributed by atoms with E-state index in [9.17, 15) is 0 Å². The summed E-state index contributed by atoms with van der Waals surface area (Å²) in [6.45, 7) is 4.55. The summed E-state index contributed by atoms with van der Waals surface area (Å²) < 4.78 is 0. The SMILES string of the molecule is CCCCCCCC1CCC(c2ccc(C#Cc3ccc4cc(CCCC)ccc4c3)cc2)CC1. The molecule has 0 heterocycles. The molecule has 0 amide bonds. The highest BCUT2D eigenvalue weighted by Gasteiger charge is 2.21. The van der Waals surface area contributed by atoms with Gasteiger partial charge in [-0.15, -0.1) is 0 Å². The van der Waals surface area contributed by atoms with Crippen LogP contribution in [0.5, 0.6) is 0 Å². The molecule has 1 saturated carbocycles. The van der Waals surface area contributed by atoms with Gasteiger partial charge in [0.2, 0.25) is 0 Å². The minimum atomic E-state index is 0.746. The van der Waals surface area contributed by atoms with Gasteiger partial charge in [-0.1, -0.05) is 107 Å². The molecule has 0 saturated heterocycles. The summed E-state index contributed by atoms with van der Waals surface area (Å²) in [5.74, 6) is 8.50. The van der Waals surface area contributed by atoms with E-state index >= 15 is 0 Å². The average molecular weight is 465 g/mol. The lowest BCUT2D eigenvalue weighted by molar-refractivity contribution is 0.302. The number of aryl methyl sites for hydroxylation is 1. The van der Waals surface area contributed by atoms with Crippen molar-refractivity contribution in [3.63, 3.8) is 0 Å². The topological polar surface area (TPSA) is 0 Å². The van der Waals surface area contributed by atoms with Crippen LogP contribution in [0.15, 0.2) is 60.7 Å². The van der Waals surface area contributed by atoms with Crippen molar-refractivity contribution in [3.05, 3.63) is 82.9 Å². The Morgan fingerprint density at radius 3 is 2.06 bits per heavy atom. The van der Waals surface area contributed by atoms with Gasteiger partial charge in [0.05, 0.1) is 0 Å². The van der Waals surface area contributed by atoms with Gasteiger partial charge in [-0.2, -0.15) is 0 Å². The first-order valence-electron chi connectivity index (χ1n) is 14.4. The first kappa shape index (κ1) is 25.6. The van der Waals surface area contributed by atoms with Gasteiger partial charge in [0.25, 0.3) is 0 Å². The Balaban J connectivity index is 1.29. The van der Waals surface area contributed by atoms with E-state index in [0.29, 0.717) is 0 Å². The zero-order chi connectivity index (χ0) is 24.3. The van der Waals surface area contributed by atoms with E-state index in [2.05, 4.69) is 86.4 Å². The van der Waals surface area contributed by atoms with Crippen molar-refractivity contribution >= 4 is 10.8 Å². The predicted molar refractivity (Wildman–Crippen MR) is 153 cm³/mol. The second kappa shape index (κ2) is 13.5. The molecule has 0 aliphatic heterocycles. The molecular weight excluding hydrogens is 420 g/mol. The molecule has 0 atom stereocenters. The van der Waals surface area contributed by atoms with Crippen molar-refractivity contribution in [1.82, 2.24) is 0 Å². The molecule has 3 aromatic carbocycles. The van der Waals surface area contributed by atoms with Gasteiger partial charge in [0, 0.05) is 11.1 Å². The van der Waals surface area contributed by atoms with E-state index in [-0.39, 0.29) is 0 Å². The minimum absolute atomic E-state index is 0.746. The zero-order valence-corrected chi connectivity index (χ0v) is 22.1. The van der Waals surface area contributed by atoms with E-state index in [1.165, 1.54) is 105 Å². The van der Waals surface area contributed by atoms with Crippen molar-refractivity contribution in [2.24, 2.45) is 5.92 Å². The van der Waals surface area contributed by atoms with Gasteiger partial charge >= 0.3 is 0 Å². The Labute approximate surface area is 214 Å². The lowest BCUT2D eigenvalue weighted by Crippen LogP contribution is -2.13. The van der Waals surface area contributed by atoms with Gasteiger partial charge in [0.15, 0.2) is 0 Å². The largest absolute Gasteiger partial charge is 0.0654 e. The van der Waals surface area contributed by atoms with Crippen LogP contribution in [-0.4, -0.2) is 0 Å². The molecule has 0 bridgehead atoms. The molecular formula is C35H44. The van der Waals surface area contributed by atoms with E-state index in [0.717, 1.165) is 23.0 Å². The van der Waals surface area contributed by atoms with Crippen LogP contribution >= 0.6 is 0 Å². The predicted octanol–water partition coefficient (Wildman–Crippen LogP) is 10.2. The van der Waals surface area contributed by atoms with E-state index < -0.39 is 0 Å². The summed E-state index contributed by atoms with van der Waals surface area (Å²) in [6, 6.07) is 22.6. The van der Waals surface area contributed by atoms with Gasteiger partial charge < -0.3 is 0 Å². The number of rotatable bonds is 10. The lowest BCUT2D eigenvalue weighted by Gasteiger charge is -2.29. The molecule has 35 heavy (non-hydrogen) atoms. The summed E-state index contributed by atoms with van der Waals surface area (Å²) in [7, 11) is 0. The molecule has 0 radical (unpaired) electrons. The van der Waals surface area contributed by atoms with Crippen LogP contribution in [0, 0.1) is 17.8 Å². The molecule has 4 rings (SSSR count). The van der Waals surface area contributed by atoms with Gasteiger partial charge in [0.1, 0.15) is 0 Å². The maximum absolute atomic E-state index is 3.39. The first-order chi connectivity index (χ1) is 17.2. The number of fused-ring (bicyclic) bond motifs is 1. The Morgan fingerprint density at radius 1 is 0.629 bits per heavy atom. The molecule has 0 N–H and O–H groups in total. The Hall–Kier alpha value is -2.52. The molecule has 0 nitrogen and oxygen atoms in total. The summed E-state index contributed by atoms with van der Waals surface area (Å²) >= 11 is 0. The zero-order valence-electron chi connectivity index (χ0n) is 22.1. The van der Waals surface area contributed by atoms with Crippen LogP contribution in [0.3, 0.4) is 0 Å². The van der Waals surface area contributed by atoms with Crippen LogP contribution < -0.4 is 0 Å². The van der Waals surface area contributed by atoms with Gasteiger partial charge in [-0.3, -0.25) is 0 Å². The lowest BCUT2D eigenvalue weighted by atomic mass is 9.77. The molecule has 184 valence electrons. The maximum atomic E-state index is 3.39. The van der Waals surface area contributed by atoms with Crippen molar-refractivity contribution in [1.29, 1.82) is 0 Å². The Morgan fingerprint density at radius 2 is 1.29 bits per heavy atom. The molecule has 0 unspecified atom stereocenters. The second-order valence-corrected chi connectivity index (χ2v) is 10.8. The smallest absolute Gasteiger partial charge is 0.0255 e. The summed E-state index contributed by atoms with van der Waals surface area (Å²) in [4.78, 5) is 0. The molecule has 1 aliphatic rings. The minimum Gasteiger partial charge on any atom is -0.0654 e.